The molecule has 3 nitrogen and oxygen atoms in total. The number of carbonyl (C=O) groups is 1. The summed E-state index contributed by atoms with van der Waals surface area (Å²) in [6.45, 7) is 1.05. The standard InChI is InChI=1S/C11H14N2OS/c14-11-8-4-1-2-6-13(8)10(12-11)9-5-3-7-15-9/h3,5,7-8,10H,1-2,4,6H2,(H,12,14). The minimum atomic E-state index is 0.130. The maximum atomic E-state index is 11.8. The fraction of sp³-hybridized carbons (Fsp3) is 0.545. The lowest BCUT2D eigenvalue weighted by Gasteiger charge is -2.30. The molecular formula is C11H14N2OS. The summed E-state index contributed by atoms with van der Waals surface area (Å²) in [5, 5.41) is 5.16. The Hall–Kier alpha value is -0.870. The quantitative estimate of drug-likeness (QED) is 0.785. The predicted molar refractivity (Wildman–Crippen MR) is 59.5 cm³/mol. The molecule has 15 heavy (non-hydrogen) atoms. The molecule has 3 rings (SSSR count). The minimum Gasteiger partial charge on any atom is -0.334 e. The fourth-order valence-electron chi connectivity index (χ4n) is 2.54. The first kappa shape index (κ1) is 9.36. The Morgan fingerprint density at radius 1 is 1.47 bits per heavy atom. The lowest BCUT2D eigenvalue weighted by Crippen LogP contribution is -2.38. The van der Waals surface area contributed by atoms with Crippen LogP contribution < -0.4 is 5.32 Å². The molecule has 1 aromatic heterocycles. The number of hydrogen-bond acceptors (Lipinski definition) is 3. The summed E-state index contributed by atoms with van der Waals surface area (Å²) in [6.07, 6.45) is 3.56. The van der Waals surface area contributed by atoms with Crippen LogP contribution in [0.1, 0.15) is 30.3 Å². The van der Waals surface area contributed by atoms with Crippen molar-refractivity contribution in [3.63, 3.8) is 0 Å². The molecule has 0 saturated carbocycles. The smallest absolute Gasteiger partial charge is 0.238 e. The molecule has 0 aliphatic carbocycles. The van der Waals surface area contributed by atoms with E-state index in [2.05, 4.69) is 21.7 Å². The lowest BCUT2D eigenvalue weighted by molar-refractivity contribution is -0.122. The highest BCUT2D eigenvalue weighted by molar-refractivity contribution is 7.10. The van der Waals surface area contributed by atoms with Gasteiger partial charge in [0.1, 0.15) is 6.17 Å². The molecule has 0 bridgehead atoms. The number of nitrogens with one attached hydrogen (secondary N) is 1. The van der Waals surface area contributed by atoms with Crippen molar-refractivity contribution in [2.45, 2.75) is 31.5 Å². The maximum absolute atomic E-state index is 11.8. The molecule has 1 aromatic rings. The molecule has 2 unspecified atom stereocenters. The van der Waals surface area contributed by atoms with Gasteiger partial charge >= 0.3 is 0 Å². The molecule has 3 heterocycles. The van der Waals surface area contributed by atoms with E-state index in [1.165, 1.54) is 17.7 Å². The Bertz CT molecular complexity index is 363. The van der Waals surface area contributed by atoms with Crippen molar-refractivity contribution in [2.24, 2.45) is 0 Å². The highest BCUT2D eigenvalue weighted by Crippen LogP contribution is 2.33. The van der Waals surface area contributed by atoms with E-state index < -0.39 is 0 Å². The molecule has 1 N–H and O–H groups in total. The van der Waals surface area contributed by atoms with Crippen LogP contribution in [-0.4, -0.2) is 23.4 Å². The van der Waals surface area contributed by atoms with Gasteiger partial charge in [0.2, 0.25) is 5.91 Å². The third-order valence-corrected chi connectivity index (χ3v) is 4.19. The molecule has 0 aromatic carbocycles. The minimum absolute atomic E-state index is 0.130. The third-order valence-electron chi connectivity index (χ3n) is 3.27. The van der Waals surface area contributed by atoms with Crippen molar-refractivity contribution >= 4 is 17.2 Å². The summed E-state index contributed by atoms with van der Waals surface area (Å²) in [7, 11) is 0. The Morgan fingerprint density at radius 3 is 3.20 bits per heavy atom. The van der Waals surface area contributed by atoms with Crippen molar-refractivity contribution in [3.8, 4) is 0 Å². The molecule has 2 atom stereocenters. The van der Waals surface area contributed by atoms with Gasteiger partial charge in [-0.05, 0) is 24.3 Å². The average molecular weight is 222 g/mol. The summed E-state index contributed by atoms with van der Waals surface area (Å²) < 4.78 is 0. The van der Waals surface area contributed by atoms with Gasteiger partial charge < -0.3 is 5.32 Å². The second kappa shape index (κ2) is 3.61. The van der Waals surface area contributed by atoms with Gasteiger partial charge in [-0.3, -0.25) is 9.69 Å². The average Bonchev–Trinajstić information content (AvgIpc) is 2.87. The Labute approximate surface area is 93.1 Å². The van der Waals surface area contributed by atoms with Gasteiger partial charge in [0.15, 0.2) is 0 Å². The number of fused-ring (bicyclic) bond motifs is 1. The predicted octanol–water partition coefficient (Wildman–Crippen LogP) is 1.73. The first-order chi connectivity index (χ1) is 7.36. The Kier molecular flexibility index (Phi) is 2.25. The van der Waals surface area contributed by atoms with Crippen molar-refractivity contribution in [1.29, 1.82) is 0 Å². The van der Waals surface area contributed by atoms with Crippen LogP contribution in [0.4, 0.5) is 0 Å². The molecule has 2 aliphatic heterocycles. The largest absolute Gasteiger partial charge is 0.334 e. The van der Waals surface area contributed by atoms with Crippen LogP contribution in [-0.2, 0) is 4.79 Å². The van der Waals surface area contributed by atoms with E-state index in [1.807, 2.05) is 6.07 Å². The van der Waals surface area contributed by atoms with Gasteiger partial charge in [-0.2, -0.15) is 0 Å². The van der Waals surface area contributed by atoms with Crippen LogP contribution in [0, 0.1) is 0 Å². The number of carbonyl (C=O) groups excluding carboxylic acids is 1. The molecule has 4 heteroatoms. The second-order valence-electron chi connectivity index (χ2n) is 4.18. The van der Waals surface area contributed by atoms with Gasteiger partial charge in [-0.1, -0.05) is 12.5 Å². The molecule has 80 valence electrons. The lowest BCUT2D eigenvalue weighted by atomic mass is 10.0. The van der Waals surface area contributed by atoms with Gasteiger partial charge in [0.25, 0.3) is 0 Å². The van der Waals surface area contributed by atoms with Crippen LogP contribution in [0.5, 0.6) is 0 Å². The van der Waals surface area contributed by atoms with Crippen molar-refractivity contribution in [3.05, 3.63) is 22.4 Å². The fourth-order valence-corrected chi connectivity index (χ4v) is 3.33. The van der Waals surface area contributed by atoms with E-state index in [4.69, 9.17) is 0 Å². The molecule has 0 spiro atoms. The Morgan fingerprint density at radius 2 is 2.40 bits per heavy atom. The Balaban J connectivity index is 1.88. The number of nitrogens with zero attached hydrogens (tertiary/aromatic N) is 1. The molecule has 1 amide bonds. The molecule has 0 radical (unpaired) electrons. The van der Waals surface area contributed by atoms with Gasteiger partial charge in [0.05, 0.1) is 6.04 Å². The number of piperidine rings is 1. The monoisotopic (exact) mass is 222 g/mol. The first-order valence-corrected chi connectivity index (χ1v) is 6.34. The van der Waals surface area contributed by atoms with E-state index in [-0.39, 0.29) is 18.1 Å². The van der Waals surface area contributed by atoms with Crippen LogP contribution in [0.3, 0.4) is 0 Å². The van der Waals surface area contributed by atoms with Gasteiger partial charge in [0, 0.05) is 11.4 Å². The zero-order chi connectivity index (χ0) is 10.3. The number of thiophene rings is 1. The topological polar surface area (TPSA) is 32.3 Å². The van der Waals surface area contributed by atoms with Crippen LogP contribution >= 0.6 is 11.3 Å². The van der Waals surface area contributed by atoms with Crippen LogP contribution in [0.15, 0.2) is 17.5 Å². The maximum Gasteiger partial charge on any atom is 0.238 e. The summed E-state index contributed by atoms with van der Waals surface area (Å²) in [6, 6.07) is 4.28. The molecule has 2 saturated heterocycles. The summed E-state index contributed by atoms with van der Waals surface area (Å²) in [5.74, 6) is 0.216. The van der Waals surface area contributed by atoms with E-state index in [0.717, 1.165) is 13.0 Å². The summed E-state index contributed by atoms with van der Waals surface area (Å²) >= 11 is 1.72. The third kappa shape index (κ3) is 1.48. The van der Waals surface area contributed by atoms with Crippen LogP contribution in [0.25, 0.3) is 0 Å². The molecular weight excluding hydrogens is 208 g/mol. The normalized spacial score (nSPS) is 31.3. The number of amides is 1. The SMILES string of the molecule is O=C1NC(c2cccs2)N2CCCCC12. The van der Waals surface area contributed by atoms with Crippen molar-refractivity contribution in [1.82, 2.24) is 10.2 Å². The van der Waals surface area contributed by atoms with E-state index in [9.17, 15) is 4.79 Å². The number of hydrogen-bond donors (Lipinski definition) is 1. The van der Waals surface area contributed by atoms with E-state index >= 15 is 0 Å². The van der Waals surface area contributed by atoms with Crippen molar-refractivity contribution < 1.29 is 4.79 Å². The summed E-state index contributed by atoms with van der Waals surface area (Å²) in [5.41, 5.74) is 0. The van der Waals surface area contributed by atoms with Crippen molar-refractivity contribution in [2.75, 3.05) is 6.54 Å². The second-order valence-corrected chi connectivity index (χ2v) is 5.16. The van der Waals surface area contributed by atoms with Gasteiger partial charge in [-0.25, -0.2) is 0 Å². The highest BCUT2D eigenvalue weighted by atomic mass is 32.1. The summed E-state index contributed by atoms with van der Waals surface area (Å²) in [4.78, 5) is 15.3. The number of rotatable bonds is 1. The van der Waals surface area contributed by atoms with Crippen LogP contribution in [0.2, 0.25) is 0 Å². The first-order valence-electron chi connectivity index (χ1n) is 5.46. The zero-order valence-electron chi connectivity index (χ0n) is 8.48. The highest BCUT2D eigenvalue weighted by Gasteiger charge is 2.41. The molecule has 2 fully saturated rings. The zero-order valence-corrected chi connectivity index (χ0v) is 9.30. The van der Waals surface area contributed by atoms with Gasteiger partial charge in [-0.15, -0.1) is 11.3 Å². The van der Waals surface area contributed by atoms with E-state index in [0.29, 0.717) is 0 Å². The molecule has 2 aliphatic rings. The van der Waals surface area contributed by atoms with E-state index in [1.54, 1.807) is 11.3 Å².